The number of benzene rings is 1. The maximum Gasteiger partial charge on any atom is 0.240 e. The minimum atomic E-state index is -3.42. The molecule has 1 rings (SSSR count). The van der Waals surface area contributed by atoms with Crippen molar-refractivity contribution in [2.45, 2.75) is 44.0 Å². The number of hydrogen-bond donors (Lipinski definition) is 3. The highest BCUT2D eigenvalue weighted by atomic mass is 32.2. The summed E-state index contributed by atoms with van der Waals surface area (Å²) in [5.74, 6) is 0.443. The Morgan fingerprint density at radius 1 is 1.22 bits per heavy atom. The van der Waals surface area contributed by atoms with Gasteiger partial charge in [0, 0.05) is 19.0 Å². The van der Waals surface area contributed by atoms with Gasteiger partial charge in [0.05, 0.1) is 4.90 Å². The predicted molar refractivity (Wildman–Crippen MR) is 91.4 cm³/mol. The predicted octanol–water partition coefficient (Wildman–Crippen LogP) is 1.02. The Labute approximate surface area is 138 Å². The van der Waals surface area contributed by atoms with E-state index in [1.807, 2.05) is 0 Å². The molecule has 1 aromatic rings. The van der Waals surface area contributed by atoms with Gasteiger partial charge >= 0.3 is 0 Å². The summed E-state index contributed by atoms with van der Waals surface area (Å²) in [6.07, 6.45) is 1.77. The monoisotopic (exact) mass is 341 g/mol. The van der Waals surface area contributed by atoms with Crippen LogP contribution in [0.25, 0.3) is 0 Å². The van der Waals surface area contributed by atoms with Crippen LogP contribution < -0.4 is 15.8 Å². The van der Waals surface area contributed by atoms with Gasteiger partial charge in [-0.15, -0.1) is 0 Å². The fourth-order valence-electron chi connectivity index (χ4n) is 2.29. The topological polar surface area (TPSA) is 101 Å². The van der Waals surface area contributed by atoms with E-state index < -0.39 is 10.0 Å². The Morgan fingerprint density at radius 3 is 2.30 bits per heavy atom. The Kier molecular flexibility index (Phi) is 7.67. The first kappa shape index (κ1) is 19.6. The Morgan fingerprint density at radius 2 is 1.83 bits per heavy atom. The number of carbonyl (C=O) groups excluding carboxylic acids is 1. The average Bonchev–Trinajstić information content (AvgIpc) is 2.52. The quantitative estimate of drug-likeness (QED) is 0.624. The zero-order valence-corrected chi connectivity index (χ0v) is 14.8. The van der Waals surface area contributed by atoms with Gasteiger partial charge in [-0.2, -0.15) is 0 Å². The zero-order chi connectivity index (χ0) is 17.5. The van der Waals surface area contributed by atoms with Crippen LogP contribution in [0.3, 0.4) is 0 Å². The third-order valence-electron chi connectivity index (χ3n) is 3.55. The van der Waals surface area contributed by atoms with E-state index in [1.54, 1.807) is 24.3 Å². The number of nitrogens with one attached hydrogen (secondary N) is 2. The first-order chi connectivity index (χ1) is 10.8. The second-order valence-corrected chi connectivity index (χ2v) is 7.87. The van der Waals surface area contributed by atoms with Crippen LogP contribution in [0.4, 0.5) is 0 Å². The van der Waals surface area contributed by atoms with Crippen molar-refractivity contribution in [2.75, 3.05) is 13.6 Å². The molecule has 0 aliphatic carbocycles. The largest absolute Gasteiger partial charge is 0.352 e. The van der Waals surface area contributed by atoms with Gasteiger partial charge in [-0.3, -0.25) is 4.79 Å². The summed E-state index contributed by atoms with van der Waals surface area (Å²) in [5, 5.41) is 2.94. The Hall–Kier alpha value is -1.44. The van der Waals surface area contributed by atoms with Gasteiger partial charge < -0.3 is 11.1 Å². The minimum absolute atomic E-state index is 0.00523. The molecule has 6 nitrogen and oxygen atoms in total. The Balaban J connectivity index is 2.53. The van der Waals surface area contributed by atoms with Crippen LogP contribution >= 0.6 is 0 Å². The van der Waals surface area contributed by atoms with Crippen LogP contribution in [0.1, 0.15) is 32.3 Å². The molecule has 0 saturated carbocycles. The van der Waals surface area contributed by atoms with Crippen molar-refractivity contribution in [2.24, 2.45) is 11.7 Å². The average molecular weight is 341 g/mol. The van der Waals surface area contributed by atoms with Crippen molar-refractivity contribution in [1.29, 1.82) is 0 Å². The summed E-state index contributed by atoms with van der Waals surface area (Å²) >= 11 is 0. The number of aryl methyl sites for hydroxylation is 1. The highest BCUT2D eigenvalue weighted by Gasteiger charge is 2.13. The van der Waals surface area contributed by atoms with Gasteiger partial charge in [-0.25, -0.2) is 13.1 Å². The highest BCUT2D eigenvalue weighted by Crippen LogP contribution is 2.11. The van der Waals surface area contributed by atoms with Crippen molar-refractivity contribution < 1.29 is 13.2 Å². The van der Waals surface area contributed by atoms with E-state index in [2.05, 4.69) is 23.9 Å². The molecule has 0 aromatic heterocycles. The van der Waals surface area contributed by atoms with Crippen LogP contribution in [-0.2, 0) is 21.2 Å². The number of rotatable bonds is 9. The maximum absolute atomic E-state index is 12.0. The van der Waals surface area contributed by atoms with Crippen molar-refractivity contribution in [1.82, 2.24) is 10.0 Å². The number of hydrogen-bond acceptors (Lipinski definition) is 4. The molecule has 130 valence electrons. The van der Waals surface area contributed by atoms with Gasteiger partial charge in [0.2, 0.25) is 15.9 Å². The lowest BCUT2D eigenvalue weighted by Gasteiger charge is -2.18. The molecule has 1 aromatic carbocycles. The van der Waals surface area contributed by atoms with Gasteiger partial charge in [0.1, 0.15) is 0 Å². The normalized spacial score (nSPS) is 13.1. The molecule has 1 amide bonds. The first-order valence-electron chi connectivity index (χ1n) is 7.80. The van der Waals surface area contributed by atoms with E-state index in [9.17, 15) is 13.2 Å². The van der Waals surface area contributed by atoms with E-state index in [0.717, 1.165) is 12.0 Å². The van der Waals surface area contributed by atoms with Gasteiger partial charge in [0.15, 0.2) is 0 Å². The molecule has 0 aliphatic rings. The minimum Gasteiger partial charge on any atom is -0.352 e. The third kappa shape index (κ3) is 6.68. The summed E-state index contributed by atoms with van der Waals surface area (Å²) in [6.45, 7) is 4.62. The molecule has 0 aliphatic heterocycles. The fraction of sp³-hybridized carbons (Fsp3) is 0.562. The summed E-state index contributed by atoms with van der Waals surface area (Å²) in [5.41, 5.74) is 6.59. The Bertz CT molecular complexity index is 598. The lowest BCUT2D eigenvalue weighted by molar-refractivity contribution is -0.121. The van der Waals surface area contributed by atoms with Crippen LogP contribution in [0, 0.1) is 5.92 Å². The van der Waals surface area contributed by atoms with E-state index in [0.29, 0.717) is 25.3 Å². The lowest BCUT2D eigenvalue weighted by Crippen LogP contribution is -2.41. The summed E-state index contributed by atoms with van der Waals surface area (Å²) < 4.78 is 25.5. The molecule has 1 unspecified atom stereocenters. The molecule has 7 heteroatoms. The molecule has 0 fully saturated rings. The third-order valence-corrected chi connectivity index (χ3v) is 4.98. The SMILES string of the molecule is CNS(=O)(=O)c1ccc(CCC(=O)NC(CN)CC(C)C)cc1. The number of amides is 1. The van der Waals surface area contributed by atoms with Gasteiger partial charge in [-0.05, 0) is 43.5 Å². The maximum atomic E-state index is 12.0. The molecule has 4 N–H and O–H groups in total. The molecule has 0 radical (unpaired) electrons. The standard InChI is InChI=1S/C16H27N3O3S/c1-12(2)10-14(11-17)19-16(20)9-6-13-4-7-15(8-5-13)23(21,22)18-3/h4-5,7-8,12,14,18H,6,9-11,17H2,1-3H3,(H,19,20). The van der Waals surface area contributed by atoms with E-state index in [-0.39, 0.29) is 16.8 Å². The van der Waals surface area contributed by atoms with Crippen LogP contribution in [0.5, 0.6) is 0 Å². The summed E-state index contributed by atoms with van der Waals surface area (Å²) in [6, 6.07) is 6.55. The van der Waals surface area contributed by atoms with Crippen molar-refractivity contribution in [3.05, 3.63) is 29.8 Å². The molecule has 0 bridgehead atoms. The van der Waals surface area contributed by atoms with Crippen LogP contribution in [0.15, 0.2) is 29.2 Å². The number of nitrogens with two attached hydrogens (primary N) is 1. The number of carbonyl (C=O) groups is 1. The van der Waals surface area contributed by atoms with Crippen LogP contribution in [-0.4, -0.2) is 34.0 Å². The smallest absolute Gasteiger partial charge is 0.240 e. The van der Waals surface area contributed by atoms with Gasteiger partial charge in [0.25, 0.3) is 0 Å². The van der Waals surface area contributed by atoms with Gasteiger partial charge in [-0.1, -0.05) is 26.0 Å². The van der Waals surface area contributed by atoms with Crippen molar-refractivity contribution in [3.63, 3.8) is 0 Å². The second-order valence-electron chi connectivity index (χ2n) is 5.98. The van der Waals surface area contributed by atoms with E-state index in [4.69, 9.17) is 5.73 Å². The van der Waals surface area contributed by atoms with Crippen molar-refractivity contribution in [3.8, 4) is 0 Å². The molecular weight excluding hydrogens is 314 g/mol. The second kappa shape index (κ2) is 9.00. The molecule has 0 saturated heterocycles. The van der Waals surface area contributed by atoms with E-state index >= 15 is 0 Å². The first-order valence-corrected chi connectivity index (χ1v) is 9.28. The molecular formula is C16H27N3O3S. The highest BCUT2D eigenvalue weighted by molar-refractivity contribution is 7.89. The lowest BCUT2D eigenvalue weighted by atomic mass is 10.0. The molecule has 0 heterocycles. The fourth-order valence-corrected chi connectivity index (χ4v) is 3.02. The zero-order valence-electron chi connectivity index (χ0n) is 14.0. The summed E-state index contributed by atoms with van der Waals surface area (Å²) in [4.78, 5) is 12.2. The molecule has 23 heavy (non-hydrogen) atoms. The summed E-state index contributed by atoms with van der Waals surface area (Å²) in [7, 11) is -2.05. The molecule has 0 spiro atoms. The number of sulfonamides is 1. The van der Waals surface area contributed by atoms with Crippen molar-refractivity contribution >= 4 is 15.9 Å². The van der Waals surface area contributed by atoms with E-state index in [1.165, 1.54) is 7.05 Å². The molecule has 1 atom stereocenters. The van der Waals surface area contributed by atoms with Crippen LogP contribution in [0.2, 0.25) is 0 Å².